The first-order valence-corrected chi connectivity index (χ1v) is 2.98. The largest absolute Gasteiger partial charge is 0.481 e. The van der Waals surface area contributed by atoms with Crippen LogP contribution in [0.15, 0.2) is 12.7 Å². The summed E-state index contributed by atoms with van der Waals surface area (Å²) < 4.78 is 0. The molecule has 0 fully saturated rings. The zero-order chi connectivity index (χ0) is 9.98. The molecule has 0 saturated heterocycles. The second kappa shape index (κ2) is 9.17. The Morgan fingerprint density at radius 3 is 1.67 bits per heavy atom. The van der Waals surface area contributed by atoms with Gasteiger partial charge in [-0.2, -0.15) is 5.26 Å². The van der Waals surface area contributed by atoms with Crippen LogP contribution in [0.3, 0.4) is 0 Å². The first-order valence-electron chi connectivity index (χ1n) is 2.98. The molecule has 0 amide bonds. The van der Waals surface area contributed by atoms with Crippen molar-refractivity contribution in [2.75, 3.05) is 0 Å². The summed E-state index contributed by atoms with van der Waals surface area (Å²) in [6.07, 6.45) is 0.588. The number of carboxylic acids is 2. The van der Waals surface area contributed by atoms with Crippen LogP contribution >= 0.6 is 0 Å². The van der Waals surface area contributed by atoms with Crippen LogP contribution < -0.4 is 0 Å². The molecular weight excluding hydrogens is 162 g/mol. The van der Waals surface area contributed by atoms with Gasteiger partial charge in [0.25, 0.3) is 0 Å². The maximum absolute atomic E-state index is 9.64. The van der Waals surface area contributed by atoms with Crippen molar-refractivity contribution in [2.45, 2.75) is 12.8 Å². The van der Waals surface area contributed by atoms with Crippen LogP contribution in [-0.4, -0.2) is 22.2 Å². The van der Waals surface area contributed by atoms with E-state index in [-0.39, 0.29) is 12.8 Å². The quantitative estimate of drug-likeness (QED) is 0.607. The monoisotopic (exact) mass is 171 g/mol. The number of nitriles is 1. The number of hydrogen-bond acceptors (Lipinski definition) is 3. The molecule has 0 aliphatic heterocycles. The Bertz CT molecular complexity index is 190. The fourth-order valence-electron chi connectivity index (χ4n) is 0.214. The summed E-state index contributed by atoms with van der Waals surface area (Å²) in [5, 5.41) is 23.3. The van der Waals surface area contributed by atoms with Crippen LogP contribution in [0.4, 0.5) is 0 Å². The zero-order valence-corrected chi connectivity index (χ0v) is 6.36. The molecule has 0 aliphatic carbocycles. The summed E-state index contributed by atoms with van der Waals surface area (Å²) in [6.45, 7) is 3.12. The topological polar surface area (TPSA) is 98.4 Å². The molecule has 0 radical (unpaired) electrons. The molecule has 0 aromatic heterocycles. The smallest absolute Gasteiger partial charge is 0.303 e. The highest BCUT2D eigenvalue weighted by molar-refractivity contribution is 5.75. The van der Waals surface area contributed by atoms with Crippen molar-refractivity contribution in [2.24, 2.45) is 0 Å². The molecular formula is C7H9NO4. The first kappa shape index (κ1) is 12.8. The van der Waals surface area contributed by atoms with E-state index in [0.717, 1.165) is 0 Å². The molecule has 0 unspecified atom stereocenters. The lowest BCUT2D eigenvalue weighted by molar-refractivity contribution is -0.143. The molecule has 0 aliphatic rings. The molecule has 0 atom stereocenters. The normalized spacial score (nSPS) is 6.92. The maximum Gasteiger partial charge on any atom is 0.303 e. The van der Waals surface area contributed by atoms with Gasteiger partial charge in [-0.15, -0.1) is 0 Å². The first-order chi connectivity index (χ1) is 5.54. The van der Waals surface area contributed by atoms with Gasteiger partial charge < -0.3 is 10.2 Å². The van der Waals surface area contributed by atoms with E-state index in [1.54, 1.807) is 6.07 Å². The van der Waals surface area contributed by atoms with Crippen LogP contribution in [0, 0.1) is 11.3 Å². The van der Waals surface area contributed by atoms with Crippen LogP contribution in [0.5, 0.6) is 0 Å². The van der Waals surface area contributed by atoms with Gasteiger partial charge in [0, 0.05) is 6.08 Å². The van der Waals surface area contributed by atoms with E-state index >= 15 is 0 Å². The molecule has 0 rings (SSSR count). The number of nitrogens with zero attached hydrogens (tertiary/aromatic N) is 1. The minimum absolute atomic E-state index is 0.296. The Kier molecular flexibility index (Phi) is 9.79. The summed E-state index contributed by atoms with van der Waals surface area (Å²) in [5.41, 5.74) is 0. The van der Waals surface area contributed by atoms with Crippen molar-refractivity contribution < 1.29 is 19.8 Å². The van der Waals surface area contributed by atoms with Gasteiger partial charge in [0.1, 0.15) is 0 Å². The van der Waals surface area contributed by atoms with Gasteiger partial charge in [0.05, 0.1) is 18.9 Å². The molecule has 0 heterocycles. The summed E-state index contributed by atoms with van der Waals surface area (Å²) in [4.78, 5) is 19.3. The lowest BCUT2D eigenvalue weighted by atomic mass is 10.3. The number of aliphatic carboxylic acids is 2. The number of hydrogen-bond donors (Lipinski definition) is 2. The van der Waals surface area contributed by atoms with Gasteiger partial charge in [-0.05, 0) is 0 Å². The third-order valence-electron chi connectivity index (χ3n) is 0.644. The predicted molar refractivity (Wildman–Crippen MR) is 40.3 cm³/mol. The summed E-state index contributed by atoms with van der Waals surface area (Å²) >= 11 is 0. The minimum Gasteiger partial charge on any atom is -0.481 e. The van der Waals surface area contributed by atoms with E-state index in [0.29, 0.717) is 0 Å². The molecule has 0 bridgehead atoms. The van der Waals surface area contributed by atoms with Crippen LogP contribution in [0.25, 0.3) is 0 Å². The Balaban J connectivity index is 0. The van der Waals surface area contributed by atoms with E-state index in [1.807, 2.05) is 0 Å². The third-order valence-corrected chi connectivity index (χ3v) is 0.644. The number of rotatable bonds is 3. The molecule has 2 N–H and O–H groups in total. The fourth-order valence-corrected chi connectivity index (χ4v) is 0.214. The average Bonchev–Trinajstić information content (AvgIpc) is 2.01. The standard InChI is InChI=1S/C4H6O4.C3H3N/c5-3(6)1-2-4(7)8;1-2-3-4/h1-2H2,(H,5,6)(H,7,8);2H,1H2. The second-order valence-corrected chi connectivity index (χ2v) is 1.62. The number of carboxylic acid groups (broad SMARTS) is 2. The van der Waals surface area contributed by atoms with Crippen LogP contribution in [0.2, 0.25) is 0 Å². The van der Waals surface area contributed by atoms with Gasteiger partial charge >= 0.3 is 11.9 Å². The molecule has 0 spiro atoms. The van der Waals surface area contributed by atoms with E-state index in [9.17, 15) is 9.59 Å². The summed E-state index contributed by atoms with van der Waals surface area (Å²) in [5.74, 6) is -2.15. The van der Waals surface area contributed by atoms with Gasteiger partial charge in [-0.1, -0.05) is 6.58 Å². The Morgan fingerprint density at radius 2 is 1.58 bits per heavy atom. The Hall–Kier alpha value is -1.83. The number of allylic oxidation sites excluding steroid dienone is 1. The molecule has 5 nitrogen and oxygen atoms in total. The van der Waals surface area contributed by atoms with Gasteiger partial charge in [-0.25, -0.2) is 0 Å². The van der Waals surface area contributed by atoms with Crippen molar-refractivity contribution in [1.29, 1.82) is 5.26 Å². The van der Waals surface area contributed by atoms with Crippen molar-refractivity contribution in [3.8, 4) is 6.07 Å². The zero-order valence-electron chi connectivity index (χ0n) is 6.36. The lowest BCUT2D eigenvalue weighted by Gasteiger charge is -1.85. The Labute approximate surface area is 69.5 Å². The molecule has 0 aromatic carbocycles. The Morgan fingerprint density at radius 1 is 1.33 bits per heavy atom. The summed E-state index contributed by atoms with van der Waals surface area (Å²) in [7, 11) is 0. The van der Waals surface area contributed by atoms with E-state index in [1.165, 1.54) is 6.08 Å². The fraction of sp³-hybridized carbons (Fsp3) is 0.286. The van der Waals surface area contributed by atoms with Gasteiger partial charge in [-0.3, -0.25) is 9.59 Å². The molecule has 66 valence electrons. The maximum atomic E-state index is 9.64. The minimum atomic E-state index is -1.08. The lowest BCUT2D eigenvalue weighted by Crippen LogP contribution is -2.00. The molecule has 0 aromatic rings. The predicted octanol–water partition coefficient (Wildman–Crippen LogP) is 0.632. The van der Waals surface area contributed by atoms with Crippen molar-refractivity contribution in [1.82, 2.24) is 0 Å². The molecule has 12 heavy (non-hydrogen) atoms. The average molecular weight is 171 g/mol. The number of carbonyl (C=O) groups is 2. The van der Waals surface area contributed by atoms with Gasteiger partial charge in [0.2, 0.25) is 0 Å². The summed E-state index contributed by atoms with van der Waals surface area (Å²) in [6, 6.07) is 1.69. The van der Waals surface area contributed by atoms with E-state index in [4.69, 9.17) is 15.5 Å². The van der Waals surface area contributed by atoms with Crippen LogP contribution in [-0.2, 0) is 9.59 Å². The molecule has 5 heteroatoms. The SMILES string of the molecule is C=CC#N.O=C(O)CCC(=O)O. The van der Waals surface area contributed by atoms with E-state index in [2.05, 4.69) is 6.58 Å². The van der Waals surface area contributed by atoms with Gasteiger partial charge in [0.15, 0.2) is 0 Å². The molecule has 0 saturated carbocycles. The van der Waals surface area contributed by atoms with Crippen LogP contribution in [0.1, 0.15) is 12.8 Å². The second-order valence-electron chi connectivity index (χ2n) is 1.62. The highest BCUT2D eigenvalue weighted by Crippen LogP contribution is 1.86. The van der Waals surface area contributed by atoms with Crippen molar-refractivity contribution in [3.63, 3.8) is 0 Å². The van der Waals surface area contributed by atoms with Crippen molar-refractivity contribution in [3.05, 3.63) is 12.7 Å². The highest BCUT2D eigenvalue weighted by atomic mass is 16.4. The highest BCUT2D eigenvalue weighted by Gasteiger charge is 2.00. The third kappa shape index (κ3) is 24.2. The van der Waals surface area contributed by atoms with Crippen molar-refractivity contribution >= 4 is 11.9 Å². The van der Waals surface area contributed by atoms with E-state index < -0.39 is 11.9 Å².